The molecule has 0 unspecified atom stereocenters. The highest BCUT2D eigenvalue weighted by Crippen LogP contribution is 2.42. The molecular formula is C13H15NO3. The first-order valence-electron chi connectivity index (χ1n) is 5.97. The highest BCUT2D eigenvalue weighted by molar-refractivity contribution is 5.91. The van der Waals surface area contributed by atoms with Crippen LogP contribution < -0.4 is 4.90 Å². The number of ether oxygens (including phenoxy) is 1. The number of carbonyl (C=O) groups excluding carboxylic acids is 1. The van der Waals surface area contributed by atoms with Gasteiger partial charge in [0.15, 0.2) is 0 Å². The van der Waals surface area contributed by atoms with Crippen LogP contribution in [0.5, 0.6) is 5.75 Å². The number of cyclic esters (lactones) is 1. The van der Waals surface area contributed by atoms with E-state index >= 15 is 0 Å². The van der Waals surface area contributed by atoms with Gasteiger partial charge in [-0.25, -0.2) is 4.79 Å². The molecule has 1 aliphatic carbocycles. The van der Waals surface area contributed by atoms with E-state index < -0.39 is 0 Å². The van der Waals surface area contributed by atoms with Gasteiger partial charge in [-0.3, -0.25) is 4.90 Å². The van der Waals surface area contributed by atoms with Gasteiger partial charge < -0.3 is 9.84 Å². The van der Waals surface area contributed by atoms with Crippen molar-refractivity contribution in [2.45, 2.75) is 31.2 Å². The van der Waals surface area contributed by atoms with E-state index in [2.05, 4.69) is 0 Å². The van der Waals surface area contributed by atoms with Gasteiger partial charge in [0, 0.05) is 6.07 Å². The van der Waals surface area contributed by atoms with Crippen molar-refractivity contribution in [3.8, 4) is 5.75 Å². The SMILES string of the molecule is O=C1OCC2(CCCC2)N1c1cccc(O)c1. The first-order chi connectivity index (χ1) is 8.21. The third kappa shape index (κ3) is 1.55. The van der Waals surface area contributed by atoms with Gasteiger partial charge >= 0.3 is 6.09 Å². The molecule has 3 rings (SSSR count). The van der Waals surface area contributed by atoms with Crippen molar-refractivity contribution in [2.75, 3.05) is 11.5 Å². The Morgan fingerprint density at radius 1 is 1.29 bits per heavy atom. The Morgan fingerprint density at radius 2 is 2.06 bits per heavy atom. The summed E-state index contributed by atoms with van der Waals surface area (Å²) in [7, 11) is 0. The predicted octanol–water partition coefficient (Wildman–Crippen LogP) is 2.66. The number of benzene rings is 1. The fourth-order valence-corrected chi connectivity index (χ4v) is 2.93. The zero-order chi connectivity index (χ0) is 11.9. The summed E-state index contributed by atoms with van der Waals surface area (Å²) in [6.45, 7) is 0.474. The minimum absolute atomic E-state index is 0.176. The van der Waals surface area contributed by atoms with Crippen LogP contribution in [0.25, 0.3) is 0 Å². The molecule has 4 nitrogen and oxygen atoms in total. The monoisotopic (exact) mass is 233 g/mol. The predicted molar refractivity (Wildman–Crippen MR) is 63.1 cm³/mol. The van der Waals surface area contributed by atoms with Crippen LogP contribution in [0.4, 0.5) is 10.5 Å². The summed E-state index contributed by atoms with van der Waals surface area (Å²) in [6.07, 6.45) is 3.93. The van der Waals surface area contributed by atoms with Gasteiger partial charge in [0.25, 0.3) is 0 Å². The number of phenols is 1. The Hall–Kier alpha value is -1.71. The van der Waals surface area contributed by atoms with Crippen LogP contribution >= 0.6 is 0 Å². The molecule has 1 saturated carbocycles. The quantitative estimate of drug-likeness (QED) is 0.811. The molecule has 2 aliphatic rings. The second-order valence-corrected chi connectivity index (χ2v) is 4.84. The number of carbonyl (C=O) groups is 1. The first-order valence-corrected chi connectivity index (χ1v) is 5.97. The maximum Gasteiger partial charge on any atom is 0.415 e. The number of hydrogen-bond acceptors (Lipinski definition) is 3. The average molecular weight is 233 g/mol. The van der Waals surface area contributed by atoms with Gasteiger partial charge in [-0.2, -0.15) is 0 Å². The Bertz CT molecular complexity index is 452. The van der Waals surface area contributed by atoms with Crippen LogP contribution in [-0.2, 0) is 4.74 Å². The molecule has 0 atom stereocenters. The van der Waals surface area contributed by atoms with Gasteiger partial charge in [0.05, 0.1) is 11.2 Å². The van der Waals surface area contributed by atoms with Gasteiger partial charge in [-0.15, -0.1) is 0 Å². The molecule has 1 saturated heterocycles. The summed E-state index contributed by atoms with van der Waals surface area (Å²) in [5, 5.41) is 9.51. The maximum atomic E-state index is 11.9. The number of anilines is 1. The van der Waals surface area contributed by atoms with Crippen molar-refractivity contribution in [3.05, 3.63) is 24.3 Å². The maximum absolute atomic E-state index is 11.9. The fourth-order valence-electron chi connectivity index (χ4n) is 2.93. The molecule has 1 spiro atoms. The lowest BCUT2D eigenvalue weighted by molar-refractivity contribution is 0.173. The Kier molecular flexibility index (Phi) is 2.24. The third-order valence-corrected chi connectivity index (χ3v) is 3.74. The van der Waals surface area contributed by atoms with E-state index in [4.69, 9.17) is 4.74 Å². The summed E-state index contributed by atoms with van der Waals surface area (Å²) < 4.78 is 5.20. The minimum Gasteiger partial charge on any atom is -0.508 e. The minimum atomic E-state index is -0.294. The number of nitrogens with zero attached hydrogens (tertiary/aromatic N) is 1. The number of hydrogen-bond donors (Lipinski definition) is 1. The third-order valence-electron chi connectivity index (χ3n) is 3.74. The van der Waals surface area contributed by atoms with E-state index in [1.165, 1.54) is 0 Å². The molecule has 90 valence electrons. The Morgan fingerprint density at radius 3 is 2.76 bits per heavy atom. The summed E-state index contributed by atoms with van der Waals surface area (Å²) in [4.78, 5) is 13.6. The summed E-state index contributed by atoms with van der Waals surface area (Å²) >= 11 is 0. The summed E-state index contributed by atoms with van der Waals surface area (Å²) in [5.41, 5.74) is 0.555. The van der Waals surface area contributed by atoms with E-state index in [1.54, 1.807) is 23.1 Å². The molecule has 1 aliphatic heterocycles. The molecule has 1 heterocycles. The normalized spacial score (nSPS) is 22.1. The smallest absolute Gasteiger partial charge is 0.415 e. The van der Waals surface area contributed by atoms with Crippen molar-refractivity contribution >= 4 is 11.8 Å². The van der Waals surface area contributed by atoms with Gasteiger partial charge in [0.1, 0.15) is 12.4 Å². The van der Waals surface area contributed by atoms with E-state index in [0.29, 0.717) is 6.61 Å². The van der Waals surface area contributed by atoms with Crippen LogP contribution in [-0.4, -0.2) is 23.3 Å². The van der Waals surface area contributed by atoms with E-state index in [9.17, 15) is 9.90 Å². The lowest BCUT2D eigenvalue weighted by Gasteiger charge is -2.31. The highest BCUT2D eigenvalue weighted by atomic mass is 16.6. The van der Waals surface area contributed by atoms with Crippen molar-refractivity contribution in [3.63, 3.8) is 0 Å². The highest BCUT2D eigenvalue weighted by Gasteiger charge is 2.49. The molecule has 1 amide bonds. The Labute approximate surface area is 99.8 Å². The number of rotatable bonds is 1. The second-order valence-electron chi connectivity index (χ2n) is 4.84. The molecule has 1 N–H and O–H groups in total. The van der Waals surface area contributed by atoms with E-state index in [1.807, 2.05) is 6.07 Å². The second kappa shape index (κ2) is 3.65. The molecular weight excluding hydrogens is 218 g/mol. The van der Waals surface area contributed by atoms with Crippen LogP contribution in [0.15, 0.2) is 24.3 Å². The zero-order valence-electron chi connectivity index (χ0n) is 9.56. The molecule has 0 radical (unpaired) electrons. The first kappa shape index (κ1) is 10.4. The van der Waals surface area contributed by atoms with Crippen LogP contribution in [0.2, 0.25) is 0 Å². The number of aromatic hydroxyl groups is 1. The average Bonchev–Trinajstić information content (AvgIpc) is 2.88. The van der Waals surface area contributed by atoms with Gasteiger partial charge in [-0.05, 0) is 25.0 Å². The molecule has 17 heavy (non-hydrogen) atoms. The van der Waals surface area contributed by atoms with Gasteiger partial charge in [0.2, 0.25) is 0 Å². The Balaban J connectivity index is 2.01. The fraction of sp³-hybridized carbons (Fsp3) is 0.462. The van der Waals surface area contributed by atoms with Crippen molar-refractivity contribution in [1.29, 1.82) is 0 Å². The lowest BCUT2D eigenvalue weighted by Crippen LogP contribution is -2.45. The lowest BCUT2D eigenvalue weighted by atomic mass is 9.97. The van der Waals surface area contributed by atoms with Crippen molar-refractivity contribution < 1.29 is 14.6 Å². The largest absolute Gasteiger partial charge is 0.508 e. The standard InChI is InChI=1S/C13H15NO3/c15-11-5-3-4-10(8-11)14-12(16)17-9-13(14)6-1-2-7-13/h3-5,8,15H,1-2,6-7,9H2. The zero-order valence-corrected chi connectivity index (χ0v) is 9.56. The molecule has 1 aromatic rings. The van der Waals surface area contributed by atoms with Crippen molar-refractivity contribution in [1.82, 2.24) is 0 Å². The van der Waals surface area contributed by atoms with E-state index in [-0.39, 0.29) is 17.4 Å². The summed E-state index contributed by atoms with van der Waals surface area (Å²) in [6, 6.07) is 6.81. The molecule has 0 bridgehead atoms. The van der Waals surface area contributed by atoms with E-state index in [0.717, 1.165) is 31.4 Å². The topological polar surface area (TPSA) is 49.8 Å². The molecule has 0 aromatic heterocycles. The van der Waals surface area contributed by atoms with Crippen LogP contribution in [0, 0.1) is 0 Å². The molecule has 4 heteroatoms. The number of amides is 1. The molecule has 2 fully saturated rings. The van der Waals surface area contributed by atoms with Crippen LogP contribution in [0.3, 0.4) is 0 Å². The van der Waals surface area contributed by atoms with Crippen LogP contribution in [0.1, 0.15) is 25.7 Å². The summed E-state index contributed by atoms with van der Waals surface area (Å²) in [5.74, 6) is 0.176. The molecule has 1 aromatic carbocycles. The van der Waals surface area contributed by atoms with Gasteiger partial charge in [-0.1, -0.05) is 18.9 Å². The van der Waals surface area contributed by atoms with Crippen molar-refractivity contribution in [2.24, 2.45) is 0 Å². The number of phenolic OH excluding ortho intramolecular Hbond substituents is 1.